The molecule has 112 valence electrons. The topological polar surface area (TPSA) is 97.1 Å². The second-order valence-electron chi connectivity index (χ2n) is 4.87. The van der Waals surface area contributed by atoms with Crippen LogP contribution in [-0.2, 0) is 10.0 Å². The number of rotatable bonds is 5. The molecule has 0 atom stereocenters. The van der Waals surface area contributed by atoms with Crippen molar-refractivity contribution in [2.24, 2.45) is 5.84 Å². The van der Waals surface area contributed by atoms with Crippen LogP contribution in [-0.4, -0.2) is 13.4 Å². The lowest BCUT2D eigenvalue weighted by atomic mass is 10.0. The summed E-state index contributed by atoms with van der Waals surface area (Å²) in [6.45, 7) is 4.02. The van der Waals surface area contributed by atoms with Crippen LogP contribution in [0, 0.1) is 0 Å². The summed E-state index contributed by atoms with van der Waals surface area (Å²) in [7, 11) is -3.68. The molecule has 0 aliphatic carbocycles. The van der Waals surface area contributed by atoms with Gasteiger partial charge in [-0.05, 0) is 29.7 Å². The van der Waals surface area contributed by atoms with Gasteiger partial charge in [-0.25, -0.2) is 19.2 Å². The fourth-order valence-corrected chi connectivity index (χ4v) is 2.95. The first kappa shape index (κ1) is 15.3. The quantitative estimate of drug-likeness (QED) is 0.581. The van der Waals surface area contributed by atoms with Gasteiger partial charge in [0, 0.05) is 6.20 Å². The van der Waals surface area contributed by atoms with Gasteiger partial charge in [-0.3, -0.25) is 4.72 Å². The van der Waals surface area contributed by atoms with Crippen molar-refractivity contribution in [3.63, 3.8) is 0 Å². The SMILES string of the molecule is CC(C)c1ccccc1NS(=O)(=O)c1ccc(NN)nc1. The molecule has 0 radical (unpaired) electrons. The van der Waals surface area contributed by atoms with Crippen LogP contribution in [0.2, 0.25) is 0 Å². The Balaban J connectivity index is 2.33. The number of nitrogen functional groups attached to an aromatic ring is 1. The van der Waals surface area contributed by atoms with Crippen molar-refractivity contribution in [2.75, 3.05) is 10.1 Å². The molecule has 0 saturated heterocycles. The van der Waals surface area contributed by atoms with E-state index in [0.29, 0.717) is 11.5 Å². The van der Waals surface area contributed by atoms with Gasteiger partial charge in [0.2, 0.25) is 0 Å². The molecule has 6 nitrogen and oxygen atoms in total. The lowest BCUT2D eigenvalue weighted by molar-refractivity contribution is 0.600. The number of aromatic nitrogens is 1. The van der Waals surface area contributed by atoms with E-state index in [1.807, 2.05) is 26.0 Å². The van der Waals surface area contributed by atoms with E-state index in [-0.39, 0.29) is 10.8 Å². The zero-order chi connectivity index (χ0) is 15.5. The molecule has 0 amide bonds. The fraction of sp³-hybridized carbons (Fsp3) is 0.214. The van der Waals surface area contributed by atoms with Gasteiger partial charge in [0.1, 0.15) is 10.7 Å². The first-order valence-corrected chi connectivity index (χ1v) is 7.97. The molecule has 0 unspecified atom stereocenters. The van der Waals surface area contributed by atoms with E-state index in [9.17, 15) is 8.42 Å². The van der Waals surface area contributed by atoms with Crippen LogP contribution < -0.4 is 16.0 Å². The molecule has 4 N–H and O–H groups in total. The van der Waals surface area contributed by atoms with Crippen LogP contribution in [0.15, 0.2) is 47.5 Å². The van der Waals surface area contributed by atoms with Crippen molar-refractivity contribution in [1.82, 2.24) is 4.98 Å². The molecular formula is C14H18N4O2S. The molecule has 1 heterocycles. The molecule has 21 heavy (non-hydrogen) atoms. The van der Waals surface area contributed by atoms with Crippen LogP contribution in [0.5, 0.6) is 0 Å². The molecule has 0 saturated carbocycles. The van der Waals surface area contributed by atoms with Gasteiger partial charge in [-0.2, -0.15) is 0 Å². The zero-order valence-corrected chi connectivity index (χ0v) is 12.7. The number of hydrogen-bond donors (Lipinski definition) is 3. The summed E-state index contributed by atoms with van der Waals surface area (Å²) in [6, 6.07) is 10.3. The van der Waals surface area contributed by atoms with Crippen LogP contribution in [0.1, 0.15) is 25.3 Å². The first-order chi connectivity index (χ1) is 9.94. The maximum Gasteiger partial charge on any atom is 0.263 e. The second kappa shape index (κ2) is 6.11. The number of benzene rings is 1. The third kappa shape index (κ3) is 3.50. The minimum atomic E-state index is -3.68. The van der Waals surface area contributed by atoms with Crippen molar-refractivity contribution in [1.29, 1.82) is 0 Å². The van der Waals surface area contributed by atoms with Gasteiger partial charge in [0.05, 0.1) is 5.69 Å². The third-order valence-electron chi connectivity index (χ3n) is 3.02. The van der Waals surface area contributed by atoms with Gasteiger partial charge in [0.15, 0.2) is 0 Å². The molecular weight excluding hydrogens is 288 g/mol. The third-order valence-corrected chi connectivity index (χ3v) is 4.37. The number of nitrogens with zero attached hydrogens (tertiary/aromatic N) is 1. The summed E-state index contributed by atoms with van der Waals surface area (Å²) in [5.74, 6) is 5.82. The molecule has 0 fully saturated rings. The van der Waals surface area contributed by atoms with Gasteiger partial charge in [-0.15, -0.1) is 0 Å². The molecule has 0 aliphatic heterocycles. The predicted octanol–water partition coefficient (Wildman–Crippen LogP) is 2.29. The number of hydrogen-bond acceptors (Lipinski definition) is 5. The van der Waals surface area contributed by atoms with Crippen molar-refractivity contribution in [3.05, 3.63) is 48.2 Å². The monoisotopic (exact) mass is 306 g/mol. The molecule has 2 aromatic rings. The first-order valence-electron chi connectivity index (χ1n) is 6.48. The Kier molecular flexibility index (Phi) is 4.44. The average molecular weight is 306 g/mol. The maximum absolute atomic E-state index is 12.4. The van der Waals surface area contributed by atoms with E-state index < -0.39 is 10.0 Å². The van der Waals surface area contributed by atoms with Crippen molar-refractivity contribution in [2.45, 2.75) is 24.7 Å². The van der Waals surface area contributed by atoms with Gasteiger partial charge in [0.25, 0.3) is 10.0 Å². The Morgan fingerprint density at radius 1 is 1.14 bits per heavy atom. The summed E-state index contributed by atoms with van der Waals surface area (Å²) < 4.78 is 27.3. The Bertz CT molecular complexity index is 712. The van der Waals surface area contributed by atoms with Gasteiger partial charge < -0.3 is 5.43 Å². The summed E-state index contributed by atoms with van der Waals surface area (Å²) in [6.07, 6.45) is 1.26. The van der Waals surface area contributed by atoms with Crippen LogP contribution in [0.3, 0.4) is 0 Å². The fourth-order valence-electron chi connectivity index (χ4n) is 1.92. The van der Waals surface area contributed by atoms with E-state index in [2.05, 4.69) is 15.1 Å². The van der Waals surface area contributed by atoms with Crippen molar-refractivity contribution >= 4 is 21.5 Å². The Morgan fingerprint density at radius 2 is 1.86 bits per heavy atom. The summed E-state index contributed by atoms with van der Waals surface area (Å²) >= 11 is 0. The van der Waals surface area contributed by atoms with E-state index in [1.165, 1.54) is 18.3 Å². The van der Waals surface area contributed by atoms with Crippen LogP contribution in [0.25, 0.3) is 0 Å². The molecule has 0 aliphatic rings. The number of pyridine rings is 1. The van der Waals surface area contributed by atoms with E-state index in [1.54, 1.807) is 12.1 Å². The highest BCUT2D eigenvalue weighted by Crippen LogP contribution is 2.26. The predicted molar refractivity (Wildman–Crippen MR) is 83.4 cm³/mol. The van der Waals surface area contributed by atoms with Crippen LogP contribution in [0.4, 0.5) is 11.5 Å². The minimum Gasteiger partial charge on any atom is -0.308 e. The normalized spacial score (nSPS) is 11.4. The highest BCUT2D eigenvalue weighted by atomic mass is 32.2. The standard InChI is InChI=1S/C14H18N4O2S/c1-10(2)12-5-3-4-6-13(12)18-21(19,20)11-7-8-14(17-15)16-9-11/h3-10,18H,15H2,1-2H3,(H,16,17). The maximum atomic E-state index is 12.4. The highest BCUT2D eigenvalue weighted by molar-refractivity contribution is 7.92. The number of nitrogens with two attached hydrogens (primary N) is 1. The molecule has 0 bridgehead atoms. The molecule has 1 aromatic carbocycles. The molecule has 7 heteroatoms. The second-order valence-corrected chi connectivity index (χ2v) is 6.55. The largest absolute Gasteiger partial charge is 0.308 e. The van der Waals surface area contributed by atoms with Gasteiger partial charge >= 0.3 is 0 Å². The van der Waals surface area contributed by atoms with E-state index >= 15 is 0 Å². The lowest BCUT2D eigenvalue weighted by Crippen LogP contribution is -2.15. The minimum absolute atomic E-state index is 0.0834. The van der Waals surface area contributed by atoms with Crippen molar-refractivity contribution < 1.29 is 8.42 Å². The highest BCUT2D eigenvalue weighted by Gasteiger charge is 2.17. The molecule has 1 aromatic heterocycles. The van der Waals surface area contributed by atoms with E-state index in [4.69, 9.17) is 5.84 Å². The Hall–Kier alpha value is -2.12. The smallest absolute Gasteiger partial charge is 0.263 e. The van der Waals surface area contributed by atoms with Crippen LogP contribution >= 0.6 is 0 Å². The molecule has 2 rings (SSSR count). The molecule has 0 spiro atoms. The Morgan fingerprint density at radius 3 is 2.43 bits per heavy atom. The number of sulfonamides is 1. The number of anilines is 2. The van der Waals surface area contributed by atoms with E-state index in [0.717, 1.165) is 5.56 Å². The van der Waals surface area contributed by atoms with Gasteiger partial charge in [-0.1, -0.05) is 32.0 Å². The summed E-state index contributed by atoms with van der Waals surface area (Å²) in [5.41, 5.74) is 3.87. The number of para-hydroxylation sites is 1. The lowest BCUT2D eigenvalue weighted by Gasteiger charge is -2.14. The number of nitrogens with one attached hydrogen (secondary N) is 2. The number of hydrazine groups is 1. The summed E-state index contributed by atoms with van der Waals surface area (Å²) in [4.78, 5) is 3.99. The summed E-state index contributed by atoms with van der Waals surface area (Å²) in [5, 5.41) is 0. The van der Waals surface area contributed by atoms with Crippen molar-refractivity contribution in [3.8, 4) is 0 Å². The Labute approximate surface area is 124 Å². The average Bonchev–Trinajstić information content (AvgIpc) is 2.47. The zero-order valence-electron chi connectivity index (χ0n) is 11.9.